The number of fused-ring (bicyclic) bond motifs is 2. The molecule has 2 aromatic heterocycles. The number of aromatic nitrogens is 6. The summed E-state index contributed by atoms with van der Waals surface area (Å²) in [6, 6.07) is 16.6. The van der Waals surface area contributed by atoms with Crippen molar-refractivity contribution in [3.8, 4) is 17.3 Å². The van der Waals surface area contributed by atoms with Gasteiger partial charge >= 0.3 is 0 Å². The summed E-state index contributed by atoms with van der Waals surface area (Å²) in [5.74, 6) is 2.24. The van der Waals surface area contributed by atoms with E-state index >= 15 is 0 Å². The first-order valence-corrected chi connectivity index (χ1v) is 9.29. The summed E-state index contributed by atoms with van der Waals surface area (Å²) in [6.07, 6.45) is 6.58. The molecular weight excluding hydrogens is 368 g/mol. The number of tetrazole rings is 1. The highest BCUT2D eigenvalue weighted by molar-refractivity contribution is 5.68. The van der Waals surface area contributed by atoms with Crippen LogP contribution in [0.3, 0.4) is 0 Å². The van der Waals surface area contributed by atoms with E-state index in [0.717, 1.165) is 34.7 Å². The summed E-state index contributed by atoms with van der Waals surface area (Å²) in [6.45, 7) is 0.257. The molecule has 8 nitrogen and oxygen atoms in total. The summed E-state index contributed by atoms with van der Waals surface area (Å²) in [5, 5.41) is 19.0. The van der Waals surface area contributed by atoms with Crippen LogP contribution in [0.1, 0.15) is 22.4 Å². The Morgan fingerprint density at radius 1 is 1.00 bits per heavy atom. The SMILES string of the molecule is C1=CC(c2ccccc2)(c2ccc3c(c2)OCO3)Cc2[nH]nc(-n3cnnn3)c21. The van der Waals surface area contributed by atoms with Gasteiger partial charge in [-0.3, -0.25) is 5.10 Å². The van der Waals surface area contributed by atoms with E-state index < -0.39 is 0 Å². The van der Waals surface area contributed by atoms with Crippen LogP contribution in [0.4, 0.5) is 0 Å². The Morgan fingerprint density at radius 3 is 2.76 bits per heavy atom. The van der Waals surface area contributed by atoms with Gasteiger partial charge in [0.05, 0.1) is 0 Å². The number of nitrogens with one attached hydrogen (secondary N) is 1. The van der Waals surface area contributed by atoms with E-state index in [4.69, 9.17) is 9.47 Å². The van der Waals surface area contributed by atoms with Crippen LogP contribution in [0, 0.1) is 0 Å². The van der Waals surface area contributed by atoms with Gasteiger partial charge in [0, 0.05) is 23.1 Å². The van der Waals surface area contributed by atoms with Gasteiger partial charge in [0.15, 0.2) is 17.3 Å². The predicted octanol–water partition coefficient (Wildman–Crippen LogP) is 2.67. The quantitative estimate of drug-likeness (QED) is 0.584. The van der Waals surface area contributed by atoms with E-state index in [-0.39, 0.29) is 12.2 Å². The highest BCUT2D eigenvalue weighted by Crippen LogP contribution is 2.45. The topological polar surface area (TPSA) is 90.7 Å². The lowest BCUT2D eigenvalue weighted by molar-refractivity contribution is 0.174. The number of benzene rings is 2. The minimum atomic E-state index is -0.361. The zero-order valence-corrected chi connectivity index (χ0v) is 15.3. The van der Waals surface area contributed by atoms with Crippen molar-refractivity contribution in [2.24, 2.45) is 0 Å². The molecule has 4 aromatic rings. The van der Waals surface area contributed by atoms with E-state index in [2.05, 4.69) is 74.3 Å². The molecule has 1 aliphatic heterocycles. The van der Waals surface area contributed by atoms with E-state index in [1.54, 1.807) is 11.0 Å². The number of rotatable bonds is 3. The van der Waals surface area contributed by atoms with Crippen LogP contribution in [0.2, 0.25) is 0 Å². The largest absolute Gasteiger partial charge is 0.454 e. The number of hydrogen-bond acceptors (Lipinski definition) is 6. The highest BCUT2D eigenvalue weighted by atomic mass is 16.7. The third-order valence-corrected chi connectivity index (χ3v) is 5.60. The van der Waals surface area contributed by atoms with Crippen LogP contribution in [0.25, 0.3) is 11.9 Å². The van der Waals surface area contributed by atoms with Crippen molar-refractivity contribution < 1.29 is 9.47 Å². The smallest absolute Gasteiger partial charge is 0.231 e. The minimum Gasteiger partial charge on any atom is -0.454 e. The highest BCUT2D eigenvalue weighted by Gasteiger charge is 2.37. The molecule has 0 fully saturated rings. The first-order chi connectivity index (χ1) is 14.3. The van der Waals surface area contributed by atoms with Gasteiger partial charge in [0.2, 0.25) is 6.79 Å². The Kier molecular flexibility index (Phi) is 3.34. The van der Waals surface area contributed by atoms with Crippen molar-refractivity contribution in [3.05, 3.63) is 83.3 Å². The molecular formula is C21H16N6O2. The summed E-state index contributed by atoms with van der Waals surface area (Å²) >= 11 is 0. The molecule has 0 saturated heterocycles. The van der Waals surface area contributed by atoms with E-state index in [1.807, 2.05) is 12.1 Å². The molecule has 29 heavy (non-hydrogen) atoms. The van der Waals surface area contributed by atoms with Crippen molar-refractivity contribution in [2.45, 2.75) is 11.8 Å². The van der Waals surface area contributed by atoms with Crippen molar-refractivity contribution in [1.82, 2.24) is 30.4 Å². The summed E-state index contributed by atoms with van der Waals surface area (Å²) in [7, 11) is 0. The zero-order valence-electron chi connectivity index (χ0n) is 15.3. The molecule has 8 heteroatoms. The van der Waals surface area contributed by atoms with Crippen LogP contribution in [-0.2, 0) is 11.8 Å². The minimum absolute atomic E-state index is 0.257. The molecule has 2 aromatic carbocycles. The molecule has 0 spiro atoms. The maximum atomic E-state index is 5.64. The van der Waals surface area contributed by atoms with Crippen LogP contribution in [-0.4, -0.2) is 37.2 Å². The van der Waals surface area contributed by atoms with Crippen molar-refractivity contribution in [1.29, 1.82) is 0 Å². The molecule has 1 aliphatic carbocycles. The predicted molar refractivity (Wildman–Crippen MR) is 104 cm³/mol. The first-order valence-electron chi connectivity index (χ1n) is 9.29. The van der Waals surface area contributed by atoms with Gasteiger partial charge in [-0.2, -0.15) is 9.78 Å². The van der Waals surface area contributed by atoms with E-state index in [0.29, 0.717) is 5.82 Å². The van der Waals surface area contributed by atoms with Gasteiger partial charge in [0.1, 0.15) is 6.33 Å². The van der Waals surface area contributed by atoms with Crippen LogP contribution < -0.4 is 9.47 Å². The van der Waals surface area contributed by atoms with Gasteiger partial charge in [-0.05, 0) is 33.7 Å². The zero-order chi connectivity index (χ0) is 19.3. The van der Waals surface area contributed by atoms with Gasteiger partial charge in [0.25, 0.3) is 0 Å². The average Bonchev–Trinajstić information content (AvgIpc) is 3.53. The molecule has 1 N–H and O–H groups in total. The molecule has 3 heterocycles. The van der Waals surface area contributed by atoms with Crippen LogP contribution >= 0.6 is 0 Å². The van der Waals surface area contributed by atoms with Crippen LogP contribution in [0.15, 0.2) is 60.9 Å². The summed E-state index contributed by atoms with van der Waals surface area (Å²) < 4.78 is 12.7. The third kappa shape index (κ3) is 2.39. The summed E-state index contributed by atoms with van der Waals surface area (Å²) in [4.78, 5) is 0. The maximum Gasteiger partial charge on any atom is 0.231 e. The van der Waals surface area contributed by atoms with Crippen molar-refractivity contribution >= 4 is 6.08 Å². The van der Waals surface area contributed by atoms with Gasteiger partial charge in [-0.25, -0.2) is 0 Å². The Morgan fingerprint density at radius 2 is 1.90 bits per heavy atom. The molecule has 6 rings (SSSR count). The second-order valence-corrected chi connectivity index (χ2v) is 7.11. The second kappa shape index (κ2) is 6.03. The van der Waals surface area contributed by atoms with Crippen molar-refractivity contribution in [2.75, 3.05) is 6.79 Å². The van der Waals surface area contributed by atoms with Crippen molar-refractivity contribution in [3.63, 3.8) is 0 Å². The number of hydrogen-bond donors (Lipinski definition) is 1. The van der Waals surface area contributed by atoms with E-state index in [9.17, 15) is 0 Å². The van der Waals surface area contributed by atoms with Crippen LogP contribution in [0.5, 0.6) is 11.5 Å². The number of ether oxygens (including phenoxy) is 2. The molecule has 0 bridgehead atoms. The summed E-state index contributed by atoms with van der Waals surface area (Å²) in [5.41, 5.74) is 3.98. The molecule has 2 aliphatic rings. The lowest BCUT2D eigenvalue weighted by atomic mass is 9.68. The first kappa shape index (κ1) is 16.1. The number of nitrogens with zero attached hydrogens (tertiary/aromatic N) is 5. The number of allylic oxidation sites excluding steroid dienone is 1. The van der Waals surface area contributed by atoms with Gasteiger partial charge in [-0.1, -0.05) is 48.6 Å². The standard InChI is InChI=1S/C21H16N6O2/c1-2-4-14(5-3-1)21(15-6-7-18-19(10-15)29-13-28-18)9-8-16-17(11-21)23-24-20(16)27-12-22-25-26-27/h1-10,12H,11,13H2,(H,23,24). The normalized spacial score (nSPS) is 19.3. The third-order valence-electron chi connectivity index (χ3n) is 5.60. The fraction of sp³-hybridized carbons (Fsp3) is 0.143. The molecule has 1 unspecified atom stereocenters. The Balaban J connectivity index is 1.51. The van der Waals surface area contributed by atoms with Gasteiger partial charge in [-0.15, -0.1) is 5.10 Å². The average molecular weight is 384 g/mol. The second-order valence-electron chi connectivity index (χ2n) is 7.11. The maximum absolute atomic E-state index is 5.64. The van der Waals surface area contributed by atoms with E-state index in [1.165, 1.54) is 5.56 Å². The lowest BCUT2D eigenvalue weighted by Gasteiger charge is -2.34. The Bertz CT molecular complexity index is 1220. The number of aromatic amines is 1. The van der Waals surface area contributed by atoms with Gasteiger partial charge < -0.3 is 9.47 Å². The molecule has 1 atom stereocenters. The lowest BCUT2D eigenvalue weighted by Crippen LogP contribution is -2.30. The fourth-order valence-electron chi connectivity index (χ4n) is 4.15. The molecule has 0 saturated carbocycles. The fourth-order valence-corrected chi connectivity index (χ4v) is 4.15. The molecule has 142 valence electrons. The monoisotopic (exact) mass is 384 g/mol. The molecule has 0 radical (unpaired) electrons. The Labute approximate surface area is 165 Å². The number of H-pyrrole nitrogens is 1. The molecule has 0 amide bonds. The Hall–Kier alpha value is -3.94.